The molecule has 7 heteroatoms. The molecule has 7 nitrogen and oxygen atoms in total. The van der Waals surface area contributed by atoms with Crippen LogP contribution in [-0.2, 0) is 6.42 Å². The van der Waals surface area contributed by atoms with Crippen LogP contribution in [0.25, 0.3) is 0 Å². The minimum Gasteiger partial charge on any atom is -0.508 e. The highest BCUT2D eigenvalue weighted by atomic mass is 16.5. The highest BCUT2D eigenvalue weighted by Crippen LogP contribution is 2.48. The first-order chi connectivity index (χ1) is 15.4. The van der Waals surface area contributed by atoms with E-state index in [2.05, 4.69) is 13.8 Å². The minimum atomic E-state index is -0.803. The van der Waals surface area contributed by atoms with Gasteiger partial charge in [0.15, 0.2) is 5.78 Å². The van der Waals surface area contributed by atoms with Crippen molar-refractivity contribution in [1.82, 2.24) is 0 Å². The van der Waals surface area contributed by atoms with E-state index in [1.165, 1.54) is 31.4 Å². The van der Waals surface area contributed by atoms with Gasteiger partial charge in [-0.3, -0.25) is 4.79 Å². The van der Waals surface area contributed by atoms with Gasteiger partial charge in [0.25, 0.3) is 0 Å². The molecule has 33 heavy (non-hydrogen) atoms. The molecule has 2 atom stereocenters. The average Bonchev–Trinajstić information content (AvgIpc) is 2.70. The number of aliphatic hydroxyl groups is 1. The normalized spacial score (nSPS) is 16.9. The van der Waals surface area contributed by atoms with E-state index in [0.717, 1.165) is 6.42 Å². The number of Topliss-reactive ketones (excluding diaryl/α,β-unsaturated/α-hetero) is 1. The third-order valence-corrected chi connectivity index (χ3v) is 6.35. The first-order valence-electron chi connectivity index (χ1n) is 11.3. The standard InChI is InChI=1S/C26H34O7/c1-14(2)15(8-9-26(3,4)31)10-18-20(29)12-23(32-5)24-21(30)13-22(33-25(18)24)17-7-6-16(27)11-19(17)28/h6-7,11-12,14-15,22,27-29,31H,8-10,13H2,1-5H3/t15-,22+/m1/s1. The van der Waals surface area contributed by atoms with E-state index >= 15 is 0 Å². The van der Waals surface area contributed by atoms with Crippen molar-refractivity contribution in [3.63, 3.8) is 0 Å². The number of benzene rings is 2. The van der Waals surface area contributed by atoms with Crippen molar-refractivity contribution >= 4 is 5.78 Å². The molecule has 4 N–H and O–H groups in total. The second kappa shape index (κ2) is 9.51. The third-order valence-electron chi connectivity index (χ3n) is 6.35. The number of phenols is 3. The highest BCUT2D eigenvalue weighted by Gasteiger charge is 2.36. The molecule has 2 aromatic rings. The second-order valence-corrected chi connectivity index (χ2v) is 9.82. The summed E-state index contributed by atoms with van der Waals surface area (Å²) < 4.78 is 11.6. The Morgan fingerprint density at radius 1 is 1.15 bits per heavy atom. The predicted molar refractivity (Wildman–Crippen MR) is 124 cm³/mol. The van der Waals surface area contributed by atoms with E-state index in [-0.39, 0.29) is 58.4 Å². The maximum absolute atomic E-state index is 13.2. The van der Waals surface area contributed by atoms with Gasteiger partial charge in [-0.25, -0.2) is 0 Å². The lowest BCUT2D eigenvalue weighted by atomic mass is 9.81. The van der Waals surface area contributed by atoms with Crippen LogP contribution in [0.15, 0.2) is 24.3 Å². The maximum atomic E-state index is 13.2. The molecule has 0 radical (unpaired) electrons. The number of aromatic hydroxyl groups is 3. The fourth-order valence-corrected chi connectivity index (χ4v) is 4.32. The lowest BCUT2D eigenvalue weighted by Gasteiger charge is -2.31. The Labute approximate surface area is 194 Å². The molecule has 1 heterocycles. The summed E-state index contributed by atoms with van der Waals surface area (Å²) in [5.74, 6) is 0.381. The van der Waals surface area contributed by atoms with Crippen molar-refractivity contribution in [3.8, 4) is 28.7 Å². The predicted octanol–water partition coefficient (Wildman–Crippen LogP) is 4.88. The first kappa shape index (κ1) is 24.7. The summed E-state index contributed by atoms with van der Waals surface area (Å²) in [7, 11) is 1.43. The summed E-state index contributed by atoms with van der Waals surface area (Å²) in [6.07, 6.45) is 0.992. The van der Waals surface area contributed by atoms with E-state index in [9.17, 15) is 25.2 Å². The molecule has 0 aliphatic carbocycles. The topological polar surface area (TPSA) is 116 Å². The van der Waals surface area contributed by atoms with Gasteiger partial charge < -0.3 is 29.9 Å². The van der Waals surface area contributed by atoms with Crippen molar-refractivity contribution in [2.24, 2.45) is 11.8 Å². The van der Waals surface area contributed by atoms with Crippen LogP contribution in [0, 0.1) is 11.8 Å². The number of hydrogen-bond donors (Lipinski definition) is 4. The van der Waals surface area contributed by atoms with Gasteiger partial charge in [0, 0.05) is 23.3 Å². The number of ether oxygens (including phenoxy) is 2. The first-order valence-corrected chi connectivity index (χ1v) is 11.3. The summed E-state index contributed by atoms with van der Waals surface area (Å²) in [5.41, 5.74) is 0.367. The minimum absolute atomic E-state index is 0.0157. The zero-order valence-corrected chi connectivity index (χ0v) is 19.9. The van der Waals surface area contributed by atoms with E-state index in [0.29, 0.717) is 24.0 Å². The molecule has 1 aliphatic rings. The fraction of sp³-hybridized carbons (Fsp3) is 0.500. The van der Waals surface area contributed by atoms with Crippen LogP contribution in [0.4, 0.5) is 0 Å². The summed E-state index contributed by atoms with van der Waals surface area (Å²) in [6.45, 7) is 7.72. The molecular formula is C26H34O7. The summed E-state index contributed by atoms with van der Waals surface area (Å²) >= 11 is 0. The van der Waals surface area contributed by atoms with Crippen molar-refractivity contribution in [2.75, 3.05) is 7.11 Å². The number of methoxy groups -OCH3 is 1. The van der Waals surface area contributed by atoms with Crippen molar-refractivity contribution in [1.29, 1.82) is 0 Å². The molecule has 1 aliphatic heterocycles. The summed E-state index contributed by atoms with van der Waals surface area (Å²) in [6, 6.07) is 5.59. The number of carbonyl (C=O) groups excluding carboxylic acids is 1. The van der Waals surface area contributed by atoms with Gasteiger partial charge in [0.1, 0.15) is 40.4 Å². The number of rotatable bonds is 8. The van der Waals surface area contributed by atoms with E-state index < -0.39 is 11.7 Å². The maximum Gasteiger partial charge on any atom is 0.174 e. The Morgan fingerprint density at radius 2 is 1.85 bits per heavy atom. The van der Waals surface area contributed by atoms with Gasteiger partial charge in [-0.2, -0.15) is 0 Å². The van der Waals surface area contributed by atoms with Gasteiger partial charge in [-0.05, 0) is 57.1 Å². The van der Waals surface area contributed by atoms with E-state index in [1.807, 2.05) is 0 Å². The van der Waals surface area contributed by atoms with E-state index in [4.69, 9.17) is 9.47 Å². The van der Waals surface area contributed by atoms with Crippen LogP contribution < -0.4 is 9.47 Å². The van der Waals surface area contributed by atoms with Crippen LogP contribution >= 0.6 is 0 Å². The molecule has 0 spiro atoms. The molecule has 3 rings (SSSR count). The zero-order chi connectivity index (χ0) is 24.5. The lowest BCUT2D eigenvalue weighted by Crippen LogP contribution is -2.25. The quantitative estimate of drug-likeness (QED) is 0.445. The Balaban J connectivity index is 2.04. The van der Waals surface area contributed by atoms with Crippen LogP contribution in [0.5, 0.6) is 28.7 Å². The van der Waals surface area contributed by atoms with Gasteiger partial charge in [0.05, 0.1) is 19.1 Å². The van der Waals surface area contributed by atoms with E-state index in [1.54, 1.807) is 13.8 Å². The van der Waals surface area contributed by atoms with Crippen molar-refractivity contribution in [3.05, 3.63) is 41.0 Å². The molecule has 2 aromatic carbocycles. The molecule has 0 unspecified atom stereocenters. The molecule has 180 valence electrons. The molecule has 0 bridgehead atoms. The number of phenolic OH excluding ortho intramolecular Hbond substituents is 3. The monoisotopic (exact) mass is 458 g/mol. The molecule has 0 fully saturated rings. The number of ketones is 1. The Hall–Kier alpha value is -2.93. The van der Waals surface area contributed by atoms with Gasteiger partial charge in [-0.15, -0.1) is 0 Å². The van der Waals surface area contributed by atoms with Crippen LogP contribution in [0.3, 0.4) is 0 Å². The average molecular weight is 459 g/mol. The lowest BCUT2D eigenvalue weighted by molar-refractivity contribution is 0.0607. The summed E-state index contributed by atoms with van der Waals surface area (Å²) in [4.78, 5) is 13.2. The van der Waals surface area contributed by atoms with Gasteiger partial charge in [0.2, 0.25) is 0 Å². The third kappa shape index (κ3) is 5.53. The number of fused-ring (bicyclic) bond motifs is 1. The SMILES string of the molecule is COc1cc(O)c(C[C@@H](CCC(C)(C)O)C(C)C)c2c1C(=O)C[C@@H](c1ccc(O)cc1O)O2. The van der Waals surface area contributed by atoms with Crippen LogP contribution in [-0.4, -0.2) is 38.9 Å². The number of hydrogen-bond acceptors (Lipinski definition) is 7. The Kier molecular flexibility index (Phi) is 7.12. The molecule has 0 saturated heterocycles. The smallest absolute Gasteiger partial charge is 0.174 e. The Morgan fingerprint density at radius 3 is 2.42 bits per heavy atom. The van der Waals surface area contributed by atoms with Crippen molar-refractivity contribution < 1.29 is 34.7 Å². The van der Waals surface area contributed by atoms with Gasteiger partial charge >= 0.3 is 0 Å². The summed E-state index contributed by atoms with van der Waals surface area (Å²) in [5, 5.41) is 41.0. The Bertz CT molecular complexity index is 1020. The van der Waals surface area contributed by atoms with Gasteiger partial charge in [-0.1, -0.05) is 13.8 Å². The van der Waals surface area contributed by atoms with Crippen LogP contribution in [0.1, 0.15) is 74.5 Å². The largest absolute Gasteiger partial charge is 0.508 e. The second-order valence-electron chi connectivity index (χ2n) is 9.82. The molecule has 0 aromatic heterocycles. The van der Waals surface area contributed by atoms with Crippen LogP contribution in [0.2, 0.25) is 0 Å². The van der Waals surface area contributed by atoms with Crippen molar-refractivity contribution in [2.45, 2.75) is 65.1 Å². The molecule has 0 amide bonds. The fourth-order valence-electron chi connectivity index (χ4n) is 4.32. The zero-order valence-electron chi connectivity index (χ0n) is 19.9. The number of carbonyl (C=O) groups is 1. The molecule has 0 saturated carbocycles. The molecular weight excluding hydrogens is 424 g/mol. The highest BCUT2D eigenvalue weighted by molar-refractivity contribution is 6.03.